The highest BCUT2D eigenvalue weighted by Crippen LogP contribution is 2.70. The molecule has 2 unspecified atom stereocenters. The van der Waals surface area contributed by atoms with Crippen LogP contribution < -0.4 is 0 Å². The highest BCUT2D eigenvalue weighted by Gasteiger charge is 3.01. The summed E-state index contributed by atoms with van der Waals surface area (Å²) in [6.45, 7) is 0. The number of rotatable bonds is 33. The first-order valence-corrected chi connectivity index (χ1v) is 23.5. The number of hydrogen-bond donors (Lipinski definition) is 0. The first-order valence-electron chi connectivity index (χ1n) is 21.0. The third kappa shape index (κ3) is 12.4. The molecule has 0 spiro atoms. The van der Waals surface area contributed by atoms with Gasteiger partial charge in [-0.25, -0.2) is 0 Å². The van der Waals surface area contributed by atoms with E-state index in [4.69, 9.17) is 0 Å². The Balaban J connectivity index is 5.83. The molecule has 0 radical (unpaired) electrons. The molecular formula is C36H26F46I2. The predicted octanol–water partition coefficient (Wildman–Crippen LogP) is 21.1. The minimum Gasteiger partial charge on any atom is -0.200 e. The standard InChI is InChI=1S/C36H26F46I2/c37-15(38,17(41,42)19(45,46)21(49,50)23(53,54)25(57,58)27(61,62)29(65,66)31(69,70)33(73,74)35(77,78)79)11-13(83)9-7-5-3-1-2-4-6-8-10-14(84)12-16(39,40)18(43,44)20(47,48)22(51,52)24(55,56)26(59,60)28(63,64)30(67,68)32(71,72)34(75,76)36(80,81)82/h13-14H,1-12H2. The van der Waals surface area contributed by atoms with Crippen LogP contribution in [0.3, 0.4) is 0 Å². The van der Waals surface area contributed by atoms with E-state index in [0.717, 1.165) is 0 Å². The molecule has 0 saturated heterocycles. The summed E-state index contributed by atoms with van der Waals surface area (Å²) in [5.74, 6) is -179. The lowest BCUT2D eigenvalue weighted by molar-refractivity contribution is -0.478. The molecule has 0 aromatic heterocycles. The van der Waals surface area contributed by atoms with Crippen molar-refractivity contribution in [3.63, 3.8) is 0 Å². The maximum atomic E-state index is 14.4. The summed E-state index contributed by atoms with van der Waals surface area (Å²) in [4.78, 5) is 0. The summed E-state index contributed by atoms with van der Waals surface area (Å²) in [7, 11) is 0. The zero-order chi connectivity index (χ0) is 68.6. The first kappa shape index (κ1) is 82.2. The number of hydrogen-bond acceptors (Lipinski definition) is 0. The Hall–Kier alpha value is -1.76. The first-order chi connectivity index (χ1) is 36.0. The van der Waals surface area contributed by atoms with E-state index in [-0.39, 0.29) is 38.5 Å². The molecule has 2 atom stereocenters. The SMILES string of the molecule is FC(F)(F)C(F)(F)C(F)(F)C(F)(F)C(F)(F)C(F)(F)C(F)(F)C(F)(F)C(F)(F)C(F)(F)C(F)(F)CC(I)CCCCCCCCCCC(I)CC(F)(F)C(F)(F)C(F)(F)C(F)(F)C(F)(F)C(F)(F)C(F)(F)C(F)(F)C(F)(F)C(F)(F)C(F)(F)F. The van der Waals surface area contributed by atoms with Gasteiger partial charge in [-0.3, -0.25) is 0 Å². The molecule has 0 aliphatic rings. The zero-order valence-electron chi connectivity index (χ0n) is 38.8. The third-order valence-corrected chi connectivity index (χ3v) is 13.8. The van der Waals surface area contributed by atoms with Gasteiger partial charge in [0.1, 0.15) is 0 Å². The fourth-order valence-corrected chi connectivity index (χ4v) is 8.37. The molecule has 0 amide bonds. The fourth-order valence-electron chi connectivity index (χ4n) is 6.38. The van der Waals surface area contributed by atoms with Crippen LogP contribution in [0.15, 0.2) is 0 Å². The van der Waals surface area contributed by atoms with Gasteiger partial charge < -0.3 is 0 Å². The van der Waals surface area contributed by atoms with Crippen molar-refractivity contribution >= 4 is 45.2 Å². The summed E-state index contributed by atoms with van der Waals surface area (Å²) >= 11 is 1.22. The van der Waals surface area contributed by atoms with Crippen LogP contribution in [0.5, 0.6) is 0 Å². The van der Waals surface area contributed by atoms with Crippen LogP contribution in [-0.2, 0) is 0 Å². The molecule has 0 heterocycles. The largest absolute Gasteiger partial charge is 0.460 e. The minimum atomic E-state index is -9.59. The van der Waals surface area contributed by atoms with Crippen molar-refractivity contribution in [3.05, 3.63) is 0 Å². The Morgan fingerprint density at radius 1 is 0.167 bits per heavy atom. The lowest BCUT2D eigenvalue weighted by Gasteiger charge is -2.45. The Morgan fingerprint density at radius 3 is 0.429 bits per heavy atom. The van der Waals surface area contributed by atoms with Crippen LogP contribution in [0.1, 0.15) is 77.0 Å². The summed E-state index contributed by atoms with van der Waals surface area (Å²) in [6.07, 6.45) is -26.7. The van der Waals surface area contributed by atoms with Crippen LogP contribution in [0, 0.1) is 0 Å². The van der Waals surface area contributed by atoms with Crippen molar-refractivity contribution in [1.29, 1.82) is 0 Å². The number of alkyl halides is 48. The second-order valence-electron chi connectivity index (χ2n) is 17.8. The van der Waals surface area contributed by atoms with E-state index in [0.29, 0.717) is 45.2 Å². The molecular weight excluding hydrogens is 1560 g/mol. The second kappa shape index (κ2) is 23.8. The van der Waals surface area contributed by atoms with Gasteiger partial charge in [0.05, 0.1) is 0 Å². The van der Waals surface area contributed by atoms with Crippen molar-refractivity contribution in [2.45, 2.75) is 216 Å². The Morgan fingerprint density at radius 2 is 0.286 bits per heavy atom. The van der Waals surface area contributed by atoms with E-state index >= 15 is 0 Å². The lowest BCUT2D eigenvalue weighted by atomic mass is 9.84. The topological polar surface area (TPSA) is 0 Å². The van der Waals surface area contributed by atoms with E-state index in [1.807, 2.05) is 0 Å². The van der Waals surface area contributed by atoms with E-state index in [1.54, 1.807) is 0 Å². The highest BCUT2D eigenvalue weighted by molar-refractivity contribution is 14.1. The van der Waals surface area contributed by atoms with Crippen molar-refractivity contribution in [3.8, 4) is 0 Å². The van der Waals surface area contributed by atoms with Crippen molar-refractivity contribution in [2.24, 2.45) is 0 Å². The van der Waals surface area contributed by atoms with Gasteiger partial charge in [0.2, 0.25) is 0 Å². The van der Waals surface area contributed by atoms with E-state index in [1.165, 1.54) is 0 Å². The lowest BCUT2D eigenvalue weighted by Crippen LogP contribution is -2.77. The van der Waals surface area contributed by atoms with Crippen molar-refractivity contribution < 1.29 is 202 Å². The van der Waals surface area contributed by atoms with Gasteiger partial charge in [0.15, 0.2) is 0 Å². The molecule has 0 bridgehead atoms. The maximum Gasteiger partial charge on any atom is 0.460 e. The van der Waals surface area contributed by atoms with E-state index in [9.17, 15) is 202 Å². The van der Waals surface area contributed by atoms with Crippen molar-refractivity contribution in [1.82, 2.24) is 0 Å². The normalized spacial score (nSPS) is 17.3. The molecule has 0 fully saturated rings. The Bertz CT molecular complexity index is 2010. The van der Waals surface area contributed by atoms with Gasteiger partial charge in [-0.2, -0.15) is 202 Å². The molecule has 0 nitrogen and oxygen atoms in total. The molecule has 0 aromatic rings. The number of unbranched alkanes of at least 4 members (excludes halogenated alkanes) is 7. The molecule has 0 aliphatic carbocycles. The molecule has 48 heteroatoms. The Labute approximate surface area is 462 Å². The van der Waals surface area contributed by atoms with Crippen LogP contribution >= 0.6 is 45.2 Å². The van der Waals surface area contributed by atoms with E-state index < -0.39 is 177 Å². The maximum absolute atomic E-state index is 14.4. The summed E-state index contributed by atoms with van der Waals surface area (Å²) in [6, 6.07) is 0. The van der Waals surface area contributed by atoms with Gasteiger partial charge in [-0.15, -0.1) is 0 Å². The average molecular weight is 1590 g/mol. The summed E-state index contributed by atoms with van der Waals surface area (Å²) in [5, 5.41) is 0. The molecule has 506 valence electrons. The molecule has 0 N–H and O–H groups in total. The monoisotopic (exact) mass is 1590 g/mol. The van der Waals surface area contributed by atoms with Crippen LogP contribution in [0.4, 0.5) is 202 Å². The third-order valence-electron chi connectivity index (χ3n) is 11.7. The van der Waals surface area contributed by atoms with Crippen molar-refractivity contribution in [2.75, 3.05) is 0 Å². The summed E-state index contributed by atoms with van der Waals surface area (Å²) < 4.78 is 625. The van der Waals surface area contributed by atoms with Gasteiger partial charge in [-0.05, 0) is 12.8 Å². The van der Waals surface area contributed by atoms with Crippen LogP contribution in [0.2, 0.25) is 0 Å². The fraction of sp³-hybridized carbons (Fsp3) is 1.00. The zero-order valence-corrected chi connectivity index (χ0v) is 43.1. The summed E-state index contributed by atoms with van der Waals surface area (Å²) in [5.41, 5.74) is 0. The highest BCUT2D eigenvalue weighted by atomic mass is 127. The molecule has 84 heavy (non-hydrogen) atoms. The Kier molecular flexibility index (Phi) is 23.3. The van der Waals surface area contributed by atoms with Crippen LogP contribution in [-0.4, -0.2) is 139 Å². The average Bonchev–Trinajstić information content (AvgIpc) is 3.27. The molecule has 0 rings (SSSR count). The van der Waals surface area contributed by atoms with Gasteiger partial charge in [0.25, 0.3) is 0 Å². The van der Waals surface area contributed by atoms with Gasteiger partial charge in [-0.1, -0.05) is 96.5 Å². The molecule has 0 aliphatic heterocycles. The second-order valence-corrected chi connectivity index (χ2v) is 21.3. The molecule has 0 aromatic carbocycles. The predicted molar refractivity (Wildman–Crippen MR) is 202 cm³/mol. The van der Waals surface area contributed by atoms with Gasteiger partial charge in [0, 0.05) is 20.7 Å². The quantitative estimate of drug-likeness (QED) is 0.0266. The van der Waals surface area contributed by atoms with E-state index in [2.05, 4.69) is 0 Å². The minimum absolute atomic E-state index is 0.107. The molecule has 0 saturated carbocycles. The van der Waals surface area contributed by atoms with Gasteiger partial charge >= 0.3 is 131 Å². The smallest absolute Gasteiger partial charge is 0.200 e. The number of halogens is 48. The van der Waals surface area contributed by atoms with Crippen LogP contribution in [0.25, 0.3) is 0 Å².